The van der Waals surface area contributed by atoms with Gasteiger partial charge in [-0.25, -0.2) is 9.59 Å². The van der Waals surface area contributed by atoms with E-state index in [0.29, 0.717) is 11.8 Å². The normalized spacial score (nSPS) is 14.6. The number of hydrogen-bond donors (Lipinski definition) is 2. The van der Waals surface area contributed by atoms with Gasteiger partial charge in [0.05, 0.1) is 0 Å². The van der Waals surface area contributed by atoms with Crippen LogP contribution in [0.1, 0.15) is 27.2 Å². The van der Waals surface area contributed by atoms with Gasteiger partial charge in [0.1, 0.15) is 11.6 Å². The number of carbonyl (C=O) groups excluding carboxylic acids is 1. The zero-order valence-corrected chi connectivity index (χ0v) is 14.7. The first-order chi connectivity index (χ1) is 8.69. The average molecular weight is 374 g/mol. The van der Waals surface area contributed by atoms with E-state index in [1.165, 1.54) is 0 Å². The van der Waals surface area contributed by atoms with Gasteiger partial charge in [-0.2, -0.15) is 0 Å². The Morgan fingerprint density at radius 1 is 1.42 bits per heavy atom. The number of carboxylic acids is 1. The van der Waals surface area contributed by atoms with E-state index < -0.39 is 23.7 Å². The number of alkyl halides is 1. The van der Waals surface area contributed by atoms with Crippen molar-refractivity contribution in [3.63, 3.8) is 0 Å². The second-order valence-corrected chi connectivity index (χ2v) is 8.23. The van der Waals surface area contributed by atoms with Crippen LogP contribution in [0, 0.1) is 0 Å². The van der Waals surface area contributed by atoms with Gasteiger partial charge in [-0.1, -0.05) is 37.5 Å². The Kier molecular flexibility index (Phi) is 8.93. The van der Waals surface area contributed by atoms with Gasteiger partial charge >= 0.3 is 12.1 Å². The summed E-state index contributed by atoms with van der Waals surface area (Å²) in [6.07, 6.45) is 1.56. The zero-order chi connectivity index (χ0) is 15.1. The molecule has 0 aromatic rings. The number of hydrogen-bond acceptors (Lipinski definition) is 5. The van der Waals surface area contributed by atoms with E-state index in [0.717, 1.165) is 0 Å². The van der Waals surface area contributed by atoms with E-state index in [1.807, 2.05) is 6.26 Å². The lowest BCUT2D eigenvalue weighted by Gasteiger charge is -2.23. The summed E-state index contributed by atoms with van der Waals surface area (Å²) in [5.41, 5.74) is -0.643. The van der Waals surface area contributed by atoms with E-state index in [1.54, 1.807) is 42.4 Å². The maximum absolute atomic E-state index is 11.6. The maximum atomic E-state index is 11.6. The molecule has 1 unspecified atom stereocenters. The van der Waals surface area contributed by atoms with Crippen molar-refractivity contribution in [1.82, 2.24) is 5.32 Å². The third kappa shape index (κ3) is 9.45. The van der Waals surface area contributed by atoms with E-state index >= 15 is 0 Å². The molecule has 2 N–H and O–H groups in total. The molecule has 19 heavy (non-hydrogen) atoms. The fourth-order valence-electron chi connectivity index (χ4n) is 1.20. The molecule has 0 spiro atoms. The van der Waals surface area contributed by atoms with Gasteiger partial charge < -0.3 is 15.2 Å². The monoisotopic (exact) mass is 373 g/mol. The number of rotatable bonds is 7. The Balaban J connectivity index is 4.49. The van der Waals surface area contributed by atoms with Crippen LogP contribution in [0.15, 0.2) is 0 Å². The summed E-state index contributed by atoms with van der Waals surface area (Å²) in [6.45, 7) is 5.19. The van der Waals surface area contributed by atoms with E-state index in [9.17, 15) is 9.59 Å². The molecule has 2 atom stereocenters. The van der Waals surface area contributed by atoms with E-state index in [4.69, 9.17) is 9.84 Å². The van der Waals surface area contributed by atoms with Gasteiger partial charge in [-0.05, 0) is 33.4 Å². The third-order valence-electron chi connectivity index (χ3n) is 1.89. The minimum atomic E-state index is -1.06. The summed E-state index contributed by atoms with van der Waals surface area (Å²) in [5.74, 6) is -1.06. The molecule has 0 aromatic heterocycles. The minimum Gasteiger partial charge on any atom is -0.480 e. The zero-order valence-electron chi connectivity index (χ0n) is 11.4. The van der Waals surface area contributed by atoms with Crippen LogP contribution in [0.2, 0.25) is 0 Å². The lowest BCUT2D eigenvalue weighted by atomic mass is 10.1. The third-order valence-corrected chi connectivity index (χ3v) is 5.32. The number of halogens is 1. The Morgan fingerprint density at radius 3 is 2.37 bits per heavy atom. The molecule has 0 bridgehead atoms. The van der Waals surface area contributed by atoms with Gasteiger partial charge in [-0.3, -0.25) is 0 Å². The van der Waals surface area contributed by atoms with Crippen molar-refractivity contribution in [3.8, 4) is 0 Å². The van der Waals surface area contributed by atoms with Crippen molar-refractivity contribution >= 4 is 49.6 Å². The number of alkyl carbamates (subject to hydrolysis) is 1. The predicted molar refractivity (Wildman–Crippen MR) is 84.1 cm³/mol. The van der Waals surface area contributed by atoms with Crippen molar-refractivity contribution in [3.05, 3.63) is 0 Å². The Morgan fingerprint density at radius 2 is 2.00 bits per heavy atom. The molecule has 0 radical (unpaired) electrons. The molecule has 0 aliphatic heterocycles. The SMILES string of the molecule is CSSC(CBr)C[C@H](NC(=O)OC(C)(C)C)C(=O)O. The van der Waals surface area contributed by atoms with Crippen LogP contribution in [0.3, 0.4) is 0 Å². The van der Waals surface area contributed by atoms with Gasteiger partial charge in [0.2, 0.25) is 0 Å². The van der Waals surface area contributed by atoms with Crippen LogP contribution in [-0.2, 0) is 9.53 Å². The molecule has 0 aliphatic rings. The fraction of sp³-hybridized carbons (Fsp3) is 0.818. The molecular formula is C11H20BrNO4S2. The van der Waals surface area contributed by atoms with Crippen LogP contribution < -0.4 is 5.32 Å². The van der Waals surface area contributed by atoms with Gasteiger partial charge in [0.25, 0.3) is 0 Å². The fourth-order valence-corrected chi connectivity index (χ4v) is 4.23. The highest BCUT2D eigenvalue weighted by atomic mass is 79.9. The quantitative estimate of drug-likeness (QED) is 0.527. The van der Waals surface area contributed by atoms with Crippen LogP contribution in [0.4, 0.5) is 4.79 Å². The summed E-state index contributed by atoms with van der Waals surface area (Å²) in [7, 11) is 3.14. The standard InChI is InChI=1S/C11H20BrNO4S2/c1-11(2,3)17-10(16)13-8(9(14)15)5-7(6-12)19-18-4/h7-8H,5-6H2,1-4H3,(H,13,16)(H,14,15)/t7?,8-/m0/s1. The highest BCUT2D eigenvalue weighted by Gasteiger charge is 2.26. The van der Waals surface area contributed by atoms with E-state index in [2.05, 4.69) is 21.2 Å². The molecule has 112 valence electrons. The number of aliphatic carboxylic acids is 1. The number of carboxylic acid groups (broad SMARTS) is 1. The lowest BCUT2D eigenvalue weighted by molar-refractivity contribution is -0.139. The number of carbonyl (C=O) groups is 2. The number of ether oxygens (including phenoxy) is 1. The van der Waals surface area contributed by atoms with Crippen LogP contribution in [0.5, 0.6) is 0 Å². The first kappa shape index (κ1) is 18.9. The smallest absolute Gasteiger partial charge is 0.408 e. The molecule has 8 heteroatoms. The first-order valence-electron chi connectivity index (χ1n) is 5.67. The first-order valence-corrected chi connectivity index (χ1v) is 9.41. The molecule has 0 fully saturated rings. The van der Waals surface area contributed by atoms with Crippen molar-refractivity contribution in [1.29, 1.82) is 0 Å². The Labute approximate surface area is 130 Å². The van der Waals surface area contributed by atoms with Crippen LogP contribution in [0.25, 0.3) is 0 Å². The van der Waals surface area contributed by atoms with Crippen LogP contribution >= 0.6 is 37.5 Å². The van der Waals surface area contributed by atoms with Crippen molar-refractivity contribution in [2.75, 3.05) is 11.6 Å². The molecule has 0 saturated heterocycles. The molecule has 0 saturated carbocycles. The average Bonchev–Trinajstić information content (AvgIpc) is 2.24. The summed E-state index contributed by atoms with van der Waals surface area (Å²) in [4.78, 5) is 22.7. The van der Waals surface area contributed by atoms with Gasteiger partial charge in [-0.15, -0.1) is 0 Å². The number of nitrogens with one attached hydrogen (secondary N) is 1. The predicted octanol–water partition coefficient (Wildman–Crippen LogP) is 3.13. The highest BCUT2D eigenvalue weighted by Crippen LogP contribution is 2.28. The maximum Gasteiger partial charge on any atom is 0.408 e. The summed E-state index contributed by atoms with van der Waals surface area (Å²) in [5, 5.41) is 12.3. The number of amides is 1. The molecule has 5 nitrogen and oxygen atoms in total. The van der Waals surface area contributed by atoms with Crippen molar-refractivity contribution < 1.29 is 19.4 Å². The Hall–Kier alpha value is -0.0800. The van der Waals surface area contributed by atoms with Crippen LogP contribution in [-0.4, -0.2) is 45.6 Å². The van der Waals surface area contributed by atoms with Crippen molar-refractivity contribution in [2.24, 2.45) is 0 Å². The van der Waals surface area contributed by atoms with Gasteiger partial charge in [0, 0.05) is 10.6 Å². The van der Waals surface area contributed by atoms with Crippen molar-refractivity contribution in [2.45, 2.75) is 44.1 Å². The highest BCUT2D eigenvalue weighted by molar-refractivity contribution is 9.09. The molecular weight excluding hydrogens is 354 g/mol. The molecule has 0 heterocycles. The van der Waals surface area contributed by atoms with Gasteiger partial charge in [0.15, 0.2) is 0 Å². The largest absolute Gasteiger partial charge is 0.480 e. The minimum absolute atomic E-state index is 0.103. The summed E-state index contributed by atoms with van der Waals surface area (Å²) >= 11 is 3.34. The Bertz CT molecular complexity index is 310. The molecule has 0 aliphatic carbocycles. The second-order valence-electron chi connectivity index (χ2n) is 4.81. The lowest BCUT2D eigenvalue weighted by Crippen LogP contribution is -2.44. The molecule has 1 amide bonds. The van der Waals surface area contributed by atoms with E-state index in [-0.39, 0.29) is 5.25 Å². The second kappa shape index (κ2) is 8.97. The molecule has 0 aromatic carbocycles. The summed E-state index contributed by atoms with van der Waals surface area (Å²) in [6, 6.07) is -0.947. The molecule has 0 rings (SSSR count). The topological polar surface area (TPSA) is 75.6 Å². The summed E-state index contributed by atoms with van der Waals surface area (Å²) < 4.78 is 5.06.